The molecule has 21 heavy (non-hydrogen) atoms. The standard InChI is InChI=1S/C16H19ClN2O2/c17-12-3-4-14-15(5-6-18-16(14)7-12)19-8-13(20)10-21-9-11-1-2-11/h3-7,11,13,20H,1-2,8-10H2,(H,18,19)/t13-/m0/s1. The Morgan fingerprint density at radius 2 is 2.24 bits per heavy atom. The van der Waals surface area contributed by atoms with E-state index in [1.54, 1.807) is 6.20 Å². The highest BCUT2D eigenvalue weighted by Crippen LogP contribution is 2.28. The van der Waals surface area contributed by atoms with Crippen molar-refractivity contribution in [1.82, 2.24) is 4.98 Å². The molecule has 1 aliphatic carbocycles. The summed E-state index contributed by atoms with van der Waals surface area (Å²) < 4.78 is 5.49. The molecule has 0 aliphatic heterocycles. The molecule has 0 radical (unpaired) electrons. The second kappa shape index (κ2) is 6.60. The van der Waals surface area contributed by atoms with Crippen LogP contribution in [0.5, 0.6) is 0 Å². The molecule has 5 heteroatoms. The molecule has 1 saturated carbocycles. The Hall–Kier alpha value is -1.36. The number of ether oxygens (including phenoxy) is 1. The largest absolute Gasteiger partial charge is 0.389 e. The molecular weight excluding hydrogens is 288 g/mol. The van der Waals surface area contributed by atoms with Gasteiger partial charge in [-0.3, -0.25) is 4.98 Å². The number of aliphatic hydroxyl groups is 1. The van der Waals surface area contributed by atoms with Crippen LogP contribution >= 0.6 is 11.6 Å². The molecule has 0 saturated heterocycles. The molecule has 2 N–H and O–H groups in total. The Bertz CT molecular complexity index is 616. The van der Waals surface area contributed by atoms with Crippen molar-refractivity contribution < 1.29 is 9.84 Å². The first-order valence-corrected chi connectivity index (χ1v) is 7.64. The predicted octanol–water partition coefficient (Wildman–Crippen LogP) is 3.09. The van der Waals surface area contributed by atoms with Crippen molar-refractivity contribution in [1.29, 1.82) is 0 Å². The number of hydrogen-bond acceptors (Lipinski definition) is 4. The summed E-state index contributed by atoms with van der Waals surface area (Å²) in [6, 6.07) is 7.50. The highest BCUT2D eigenvalue weighted by Gasteiger charge is 2.21. The van der Waals surface area contributed by atoms with E-state index >= 15 is 0 Å². The van der Waals surface area contributed by atoms with E-state index < -0.39 is 6.10 Å². The number of benzene rings is 1. The fraction of sp³-hybridized carbons (Fsp3) is 0.438. The van der Waals surface area contributed by atoms with E-state index in [0.717, 1.165) is 29.1 Å². The van der Waals surface area contributed by atoms with Crippen LogP contribution in [-0.4, -0.2) is 36.0 Å². The van der Waals surface area contributed by atoms with Gasteiger partial charge in [-0.15, -0.1) is 0 Å². The molecule has 0 unspecified atom stereocenters. The van der Waals surface area contributed by atoms with E-state index in [0.29, 0.717) is 18.2 Å². The lowest BCUT2D eigenvalue weighted by Gasteiger charge is -2.14. The molecule has 1 atom stereocenters. The summed E-state index contributed by atoms with van der Waals surface area (Å²) >= 11 is 5.97. The third-order valence-corrected chi connectivity index (χ3v) is 3.83. The molecule has 1 aromatic carbocycles. The number of halogens is 1. The second-order valence-corrected chi connectivity index (χ2v) is 5.97. The molecular formula is C16H19ClN2O2. The maximum absolute atomic E-state index is 9.94. The molecule has 1 heterocycles. The van der Waals surface area contributed by atoms with Gasteiger partial charge in [-0.2, -0.15) is 0 Å². The number of fused-ring (bicyclic) bond motifs is 1. The van der Waals surface area contributed by atoms with Gasteiger partial charge in [-0.05, 0) is 43.0 Å². The summed E-state index contributed by atoms with van der Waals surface area (Å²) in [5.74, 6) is 0.721. The number of aromatic nitrogens is 1. The van der Waals surface area contributed by atoms with Crippen molar-refractivity contribution >= 4 is 28.2 Å². The lowest BCUT2D eigenvalue weighted by atomic mass is 10.2. The van der Waals surface area contributed by atoms with Crippen LogP contribution in [-0.2, 0) is 4.74 Å². The minimum absolute atomic E-state index is 0.373. The maximum atomic E-state index is 9.94. The van der Waals surface area contributed by atoms with Gasteiger partial charge in [0.15, 0.2) is 0 Å². The molecule has 0 amide bonds. The fourth-order valence-electron chi connectivity index (χ4n) is 2.22. The van der Waals surface area contributed by atoms with Crippen LogP contribution < -0.4 is 5.32 Å². The Morgan fingerprint density at radius 3 is 3.05 bits per heavy atom. The third-order valence-electron chi connectivity index (χ3n) is 3.59. The van der Waals surface area contributed by atoms with Crippen molar-refractivity contribution in [3.8, 4) is 0 Å². The Kier molecular flexibility index (Phi) is 4.58. The zero-order chi connectivity index (χ0) is 14.7. The molecule has 1 aliphatic rings. The number of aliphatic hydroxyl groups excluding tert-OH is 1. The highest BCUT2D eigenvalue weighted by atomic mass is 35.5. The van der Waals surface area contributed by atoms with E-state index in [1.165, 1.54) is 12.8 Å². The van der Waals surface area contributed by atoms with Gasteiger partial charge in [0.2, 0.25) is 0 Å². The summed E-state index contributed by atoms with van der Waals surface area (Å²) in [5.41, 5.74) is 1.78. The number of hydrogen-bond donors (Lipinski definition) is 2. The number of pyridine rings is 1. The lowest BCUT2D eigenvalue weighted by molar-refractivity contribution is 0.0386. The van der Waals surface area contributed by atoms with Gasteiger partial charge in [-0.25, -0.2) is 0 Å². The molecule has 1 fully saturated rings. The smallest absolute Gasteiger partial charge is 0.0945 e. The monoisotopic (exact) mass is 306 g/mol. The number of nitrogens with one attached hydrogen (secondary N) is 1. The average Bonchev–Trinajstić information content (AvgIpc) is 3.29. The number of anilines is 1. The van der Waals surface area contributed by atoms with Crippen LogP contribution in [0.2, 0.25) is 5.02 Å². The SMILES string of the molecule is O[C@@H](CNc1ccnc2cc(Cl)ccc12)COCC1CC1. The summed E-state index contributed by atoms with van der Waals surface area (Å²) in [5, 5.41) is 14.8. The average molecular weight is 307 g/mol. The van der Waals surface area contributed by atoms with Crippen molar-refractivity contribution in [2.24, 2.45) is 5.92 Å². The quantitative estimate of drug-likeness (QED) is 0.825. The zero-order valence-electron chi connectivity index (χ0n) is 11.8. The van der Waals surface area contributed by atoms with Crippen LogP contribution in [0.15, 0.2) is 30.5 Å². The molecule has 0 spiro atoms. The molecule has 3 rings (SSSR count). The molecule has 1 aromatic heterocycles. The summed E-state index contributed by atoms with van der Waals surface area (Å²) in [7, 11) is 0. The number of nitrogens with zero attached hydrogens (tertiary/aromatic N) is 1. The molecule has 0 bridgehead atoms. The van der Waals surface area contributed by atoms with Gasteiger partial charge in [0.05, 0.1) is 18.2 Å². The van der Waals surface area contributed by atoms with Gasteiger partial charge in [0.25, 0.3) is 0 Å². The van der Waals surface area contributed by atoms with Gasteiger partial charge in [0.1, 0.15) is 0 Å². The van der Waals surface area contributed by atoms with Crippen molar-refractivity contribution in [3.05, 3.63) is 35.5 Å². The minimum atomic E-state index is -0.515. The summed E-state index contributed by atoms with van der Waals surface area (Å²) in [6.45, 7) is 1.60. The Balaban J connectivity index is 1.56. The molecule has 4 nitrogen and oxygen atoms in total. The second-order valence-electron chi connectivity index (χ2n) is 5.54. The van der Waals surface area contributed by atoms with Crippen LogP contribution in [0.25, 0.3) is 10.9 Å². The van der Waals surface area contributed by atoms with E-state index in [2.05, 4.69) is 10.3 Å². The number of rotatable bonds is 7. The van der Waals surface area contributed by atoms with E-state index in [9.17, 15) is 5.11 Å². The van der Waals surface area contributed by atoms with E-state index in [-0.39, 0.29) is 0 Å². The highest BCUT2D eigenvalue weighted by molar-refractivity contribution is 6.31. The minimum Gasteiger partial charge on any atom is -0.389 e. The Labute approximate surface area is 129 Å². The first-order valence-electron chi connectivity index (χ1n) is 7.26. The first kappa shape index (κ1) is 14.6. The fourth-order valence-corrected chi connectivity index (χ4v) is 2.38. The lowest BCUT2D eigenvalue weighted by Crippen LogP contribution is -2.25. The predicted molar refractivity (Wildman–Crippen MR) is 84.8 cm³/mol. The Morgan fingerprint density at radius 1 is 1.38 bits per heavy atom. The van der Waals surface area contributed by atoms with Crippen LogP contribution in [0.4, 0.5) is 5.69 Å². The van der Waals surface area contributed by atoms with Crippen molar-refractivity contribution in [2.75, 3.05) is 25.1 Å². The van der Waals surface area contributed by atoms with Gasteiger partial charge in [0, 0.05) is 35.4 Å². The van der Waals surface area contributed by atoms with Crippen LogP contribution in [0, 0.1) is 5.92 Å². The van der Waals surface area contributed by atoms with Crippen LogP contribution in [0.3, 0.4) is 0 Å². The van der Waals surface area contributed by atoms with E-state index in [4.69, 9.17) is 16.3 Å². The van der Waals surface area contributed by atoms with Gasteiger partial charge in [-0.1, -0.05) is 11.6 Å². The summed E-state index contributed by atoms with van der Waals surface area (Å²) in [4.78, 5) is 4.29. The third kappa shape index (κ3) is 4.06. The van der Waals surface area contributed by atoms with Crippen molar-refractivity contribution in [2.45, 2.75) is 18.9 Å². The maximum Gasteiger partial charge on any atom is 0.0945 e. The summed E-state index contributed by atoms with van der Waals surface area (Å²) in [6.07, 6.45) is 3.75. The molecule has 112 valence electrons. The molecule has 2 aromatic rings. The topological polar surface area (TPSA) is 54.4 Å². The van der Waals surface area contributed by atoms with Gasteiger partial charge < -0.3 is 15.2 Å². The van der Waals surface area contributed by atoms with E-state index in [1.807, 2.05) is 24.3 Å². The normalized spacial score (nSPS) is 16.1. The zero-order valence-corrected chi connectivity index (χ0v) is 12.5. The van der Waals surface area contributed by atoms with Gasteiger partial charge >= 0.3 is 0 Å². The van der Waals surface area contributed by atoms with Crippen molar-refractivity contribution in [3.63, 3.8) is 0 Å². The first-order chi connectivity index (χ1) is 10.2. The van der Waals surface area contributed by atoms with Crippen LogP contribution in [0.1, 0.15) is 12.8 Å².